The van der Waals surface area contributed by atoms with Crippen molar-refractivity contribution in [3.05, 3.63) is 64.7 Å². The summed E-state index contributed by atoms with van der Waals surface area (Å²) >= 11 is 0. The van der Waals surface area contributed by atoms with Crippen molar-refractivity contribution >= 4 is 0 Å². The topological polar surface area (TPSA) is 32.3 Å². The second-order valence-corrected chi connectivity index (χ2v) is 5.44. The first kappa shape index (κ1) is 13.2. The molecule has 0 fully saturated rings. The summed E-state index contributed by atoms with van der Waals surface area (Å²) in [5.41, 5.74) is 5.17. The van der Waals surface area contributed by atoms with Gasteiger partial charge in [0.25, 0.3) is 0 Å². The Morgan fingerprint density at radius 1 is 1.10 bits per heavy atom. The Morgan fingerprint density at radius 3 is 2.70 bits per heavy atom. The van der Waals surface area contributed by atoms with Crippen LogP contribution in [-0.2, 0) is 19.4 Å². The van der Waals surface area contributed by atoms with Crippen LogP contribution in [0.5, 0.6) is 5.75 Å². The summed E-state index contributed by atoms with van der Waals surface area (Å²) in [6.45, 7) is 3.09. The first-order valence-electron chi connectivity index (χ1n) is 7.40. The Kier molecular flexibility index (Phi) is 3.75. The molecule has 3 rings (SSSR count). The van der Waals surface area contributed by atoms with Gasteiger partial charge in [0.15, 0.2) is 0 Å². The molecule has 20 heavy (non-hydrogen) atoms. The van der Waals surface area contributed by atoms with Crippen molar-refractivity contribution in [2.45, 2.75) is 38.8 Å². The predicted molar refractivity (Wildman–Crippen MR) is 81.8 cm³/mol. The van der Waals surface area contributed by atoms with Gasteiger partial charge in [0.1, 0.15) is 5.75 Å². The molecule has 2 aromatic carbocycles. The molecule has 0 spiro atoms. The average molecular weight is 267 g/mol. The minimum atomic E-state index is 0.363. The largest absolute Gasteiger partial charge is 0.508 e. The first-order valence-corrected chi connectivity index (χ1v) is 7.40. The number of phenolic OH excluding ortho intramolecular Hbond substituents is 1. The van der Waals surface area contributed by atoms with E-state index < -0.39 is 0 Å². The molecule has 0 radical (unpaired) electrons. The molecule has 2 aromatic rings. The van der Waals surface area contributed by atoms with Gasteiger partial charge in [-0.2, -0.15) is 0 Å². The van der Waals surface area contributed by atoms with Crippen LogP contribution in [0.4, 0.5) is 0 Å². The van der Waals surface area contributed by atoms with Crippen molar-refractivity contribution in [2.24, 2.45) is 0 Å². The molecule has 0 bridgehead atoms. The number of phenols is 1. The predicted octanol–water partition coefficient (Wildman–Crippen LogP) is 3.73. The lowest BCUT2D eigenvalue weighted by molar-refractivity contribution is 0.469. The second kappa shape index (κ2) is 5.68. The molecular formula is C18H21NO. The fraction of sp³-hybridized carbons (Fsp3) is 0.333. The number of hydrogen-bond acceptors (Lipinski definition) is 2. The lowest BCUT2D eigenvalue weighted by Crippen LogP contribution is -2.19. The van der Waals surface area contributed by atoms with Crippen molar-refractivity contribution in [1.82, 2.24) is 5.32 Å². The van der Waals surface area contributed by atoms with Crippen molar-refractivity contribution in [2.75, 3.05) is 0 Å². The van der Waals surface area contributed by atoms with E-state index in [1.165, 1.54) is 16.7 Å². The van der Waals surface area contributed by atoms with Crippen LogP contribution in [0.25, 0.3) is 0 Å². The summed E-state index contributed by atoms with van der Waals surface area (Å²) in [6, 6.07) is 14.8. The quantitative estimate of drug-likeness (QED) is 0.884. The van der Waals surface area contributed by atoms with E-state index in [4.69, 9.17) is 0 Å². The highest BCUT2D eigenvalue weighted by Gasteiger charge is 2.24. The van der Waals surface area contributed by atoms with Crippen LogP contribution in [0.3, 0.4) is 0 Å². The number of rotatable bonds is 4. The SMILES string of the molecule is CCc1ccccc1CNC1CCc2c(O)cccc21. The number of nitrogens with one attached hydrogen (secondary N) is 1. The van der Waals surface area contributed by atoms with E-state index in [9.17, 15) is 5.11 Å². The molecule has 2 N–H and O–H groups in total. The van der Waals surface area contributed by atoms with E-state index in [0.29, 0.717) is 11.8 Å². The Labute approximate surface area is 120 Å². The normalized spacial score (nSPS) is 17.1. The number of fused-ring (bicyclic) bond motifs is 1. The van der Waals surface area contributed by atoms with Crippen LogP contribution in [0.15, 0.2) is 42.5 Å². The van der Waals surface area contributed by atoms with Gasteiger partial charge in [0.2, 0.25) is 0 Å². The standard InChI is InChI=1S/C18H21NO/c1-2-13-6-3-4-7-14(13)12-19-17-11-10-16-15(17)8-5-9-18(16)20/h3-9,17,19-20H,2,10-12H2,1H3. The third-order valence-electron chi connectivity index (χ3n) is 4.28. The van der Waals surface area contributed by atoms with Gasteiger partial charge in [-0.1, -0.05) is 43.3 Å². The fourth-order valence-electron chi connectivity index (χ4n) is 3.16. The van der Waals surface area contributed by atoms with Gasteiger partial charge in [-0.15, -0.1) is 0 Å². The molecule has 0 amide bonds. The molecule has 0 aliphatic heterocycles. The molecule has 0 aromatic heterocycles. The van der Waals surface area contributed by atoms with E-state index in [1.807, 2.05) is 6.07 Å². The van der Waals surface area contributed by atoms with Gasteiger partial charge in [-0.3, -0.25) is 0 Å². The minimum absolute atomic E-state index is 0.363. The summed E-state index contributed by atoms with van der Waals surface area (Å²) in [7, 11) is 0. The van der Waals surface area contributed by atoms with Crippen LogP contribution in [0.2, 0.25) is 0 Å². The maximum absolute atomic E-state index is 9.89. The van der Waals surface area contributed by atoms with E-state index >= 15 is 0 Å². The van der Waals surface area contributed by atoms with Crippen LogP contribution < -0.4 is 5.32 Å². The second-order valence-electron chi connectivity index (χ2n) is 5.44. The van der Waals surface area contributed by atoms with Gasteiger partial charge in [0.05, 0.1) is 0 Å². The van der Waals surface area contributed by atoms with Gasteiger partial charge in [-0.05, 0) is 47.6 Å². The lowest BCUT2D eigenvalue weighted by atomic mass is 10.0. The maximum Gasteiger partial charge on any atom is 0.119 e. The zero-order valence-electron chi connectivity index (χ0n) is 11.9. The molecule has 104 valence electrons. The number of aromatic hydroxyl groups is 1. The zero-order valence-corrected chi connectivity index (χ0v) is 11.9. The molecule has 2 heteroatoms. The minimum Gasteiger partial charge on any atom is -0.508 e. The number of hydrogen-bond donors (Lipinski definition) is 2. The van der Waals surface area contributed by atoms with Crippen molar-refractivity contribution in [3.63, 3.8) is 0 Å². The lowest BCUT2D eigenvalue weighted by Gasteiger charge is -2.16. The fourth-order valence-corrected chi connectivity index (χ4v) is 3.16. The molecule has 1 aliphatic carbocycles. The third-order valence-corrected chi connectivity index (χ3v) is 4.28. The molecule has 2 nitrogen and oxygen atoms in total. The summed E-state index contributed by atoms with van der Waals surface area (Å²) in [4.78, 5) is 0. The van der Waals surface area contributed by atoms with Crippen molar-refractivity contribution < 1.29 is 5.11 Å². The summed E-state index contributed by atoms with van der Waals surface area (Å²) < 4.78 is 0. The van der Waals surface area contributed by atoms with Crippen LogP contribution in [-0.4, -0.2) is 5.11 Å². The van der Waals surface area contributed by atoms with Gasteiger partial charge in [0, 0.05) is 12.6 Å². The Morgan fingerprint density at radius 2 is 1.90 bits per heavy atom. The summed E-state index contributed by atoms with van der Waals surface area (Å²) in [5.74, 6) is 0.445. The van der Waals surface area contributed by atoms with Crippen LogP contribution in [0.1, 0.15) is 41.6 Å². The highest BCUT2D eigenvalue weighted by atomic mass is 16.3. The molecule has 0 heterocycles. The summed E-state index contributed by atoms with van der Waals surface area (Å²) in [6.07, 6.45) is 3.11. The Balaban J connectivity index is 1.74. The van der Waals surface area contributed by atoms with E-state index in [-0.39, 0.29) is 0 Å². The highest BCUT2D eigenvalue weighted by Crippen LogP contribution is 2.36. The molecule has 0 saturated heterocycles. The monoisotopic (exact) mass is 267 g/mol. The van der Waals surface area contributed by atoms with Gasteiger partial charge < -0.3 is 10.4 Å². The Hall–Kier alpha value is -1.80. The van der Waals surface area contributed by atoms with E-state index in [2.05, 4.69) is 42.6 Å². The van der Waals surface area contributed by atoms with E-state index in [1.54, 1.807) is 6.07 Å². The molecule has 1 unspecified atom stereocenters. The summed E-state index contributed by atoms with van der Waals surface area (Å²) in [5, 5.41) is 13.5. The molecule has 0 saturated carbocycles. The Bertz CT molecular complexity index is 606. The maximum atomic E-state index is 9.89. The average Bonchev–Trinajstić information content (AvgIpc) is 2.90. The van der Waals surface area contributed by atoms with Crippen LogP contribution in [0, 0.1) is 0 Å². The third kappa shape index (κ3) is 2.44. The van der Waals surface area contributed by atoms with E-state index in [0.717, 1.165) is 31.4 Å². The van der Waals surface area contributed by atoms with Crippen molar-refractivity contribution in [3.8, 4) is 5.75 Å². The molecular weight excluding hydrogens is 246 g/mol. The first-order chi connectivity index (χ1) is 9.79. The number of benzene rings is 2. The van der Waals surface area contributed by atoms with Crippen molar-refractivity contribution in [1.29, 1.82) is 0 Å². The smallest absolute Gasteiger partial charge is 0.119 e. The van der Waals surface area contributed by atoms with Crippen LogP contribution >= 0.6 is 0 Å². The number of aryl methyl sites for hydroxylation is 1. The molecule has 1 aliphatic rings. The highest BCUT2D eigenvalue weighted by molar-refractivity contribution is 5.44. The zero-order chi connectivity index (χ0) is 13.9. The molecule has 1 atom stereocenters. The van der Waals surface area contributed by atoms with Gasteiger partial charge >= 0.3 is 0 Å². The van der Waals surface area contributed by atoms with Gasteiger partial charge in [-0.25, -0.2) is 0 Å².